The van der Waals surface area contributed by atoms with Gasteiger partial charge in [0.1, 0.15) is 11.2 Å². The molecule has 43 heavy (non-hydrogen) atoms. The molecule has 0 aliphatic heterocycles. The zero-order valence-electron chi connectivity index (χ0n) is 23.2. The quantitative estimate of drug-likeness (QED) is 0.214. The molecule has 0 amide bonds. The Morgan fingerprint density at radius 1 is 0.442 bits per heavy atom. The van der Waals surface area contributed by atoms with Crippen molar-refractivity contribution in [1.82, 2.24) is 15.0 Å². The van der Waals surface area contributed by atoms with Gasteiger partial charge in [0.25, 0.3) is 0 Å². The number of benzene rings is 5. The fourth-order valence-corrected chi connectivity index (χ4v) is 5.67. The Balaban J connectivity index is 1.38. The molecule has 3 aromatic heterocycles. The maximum atomic E-state index is 6.42. The third kappa shape index (κ3) is 4.65. The molecule has 0 aliphatic rings. The van der Waals surface area contributed by atoms with Gasteiger partial charge in [0, 0.05) is 45.4 Å². The minimum absolute atomic E-state index is 0.661. The normalized spacial score (nSPS) is 11.3. The molecule has 0 unspecified atom stereocenters. The molecule has 202 valence electrons. The van der Waals surface area contributed by atoms with Crippen LogP contribution in [-0.4, -0.2) is 15.0 Å². The molecule has 0 spiro atoms. The van der Waals surface area contributed by atoms with Gasteiger partial charge >= 0.3 is 0 Å². The van der Waals surface area contributed by atoms with E-state index in [9.17, 15) is 0 Å². The molecule has 0 fully saturated rings. The van der Waals surface area contributed by atoms with Crippen molar-refractivity contribution in [1.29, 1.82) is 0 Å². The number of nitrogens with zero attached hydrogens (tertiary/aromatic N) is 3. The van der Waals surface area contributed by atoms with E-state index in [1.54, 1.807) is 6.20 Å². The van der Waals surface area contributed by atoms with Crippen molar-refractivity contribution in [2.75, 3.05) is 0 Å². The van der Waals surface area contributed by atoms with E-state index in [1.165, 1.54) is 0 Å². The summed E-state index contributed by atoms with van der Waals surface area (Å²) in [5, 5.41) is 2.16. The summed E-state index contributed by atoms with van der Waals surface area (Å²) in [6, 6.07) is 47.7. The lowest BCUT2D eigenvalue weighted by atomic mass is 9.95. The predicted octanol–water partition coefficient (Wildman–Crippen LogP) is 10.1. The van der Waals surface area contributed by atoms with Crippen LogP contribution in [-0.2, 0) is 0 Å². The van der Waals surface area contributed by atoms with Gasteiger partial charge in [-0.1, -0.05) is 97.1 Å². The van der Waals surface area contributed by atoms with Gasteiger partial charge in [-0.3, -0.25) is 4.98 Å². The Morgan fingerprint density at radius 3 is 1.88 bits per heavy atom. The number of fused-ring (bicyclic) bond motifs is 3. The van der Waals surface area contributed by atoms with Gasteiger partial charge in [-0.25, -0.2) is 9.97 Å². The summed E-state index contributed by atoms with van der Waals surface area (Å²) in [7, 11) is 0. The summed E-state index contributed by atoms with van der Waals surface area (Å²) in [6.07, 6.45) is 3.70. The summed E-state index contributed by atoms with van der Waals surface area (Å²) < 4.78 is 6.42. The van der Waals surface area contributed by atoms with E-state index in [4.69, 9.17) is 14.4 Å². The number of aromatic nitrogens is 3. The third-order valence-corrected chi connectivity index (χ3v) is 7.77. The minimum Gasteiger partial charge on any atom is -0.455 e. The van der Waals surface area contributed by atoms with E-state index >= 15 is 0 Å². The van der Waals surface area contributed by atoms with Crippen LogP contribution < -0.4 is 0 Å². The van der Waals surface area contributed by atoms with Crippen molar-refractivity contribution >= 4 is 21.9 Å². The lowest BCUT2D eigenvalue weighted by molar-refractivity contribution is 0.670. The van der Waals surface area contributed by atoms with Crippen LogP contribution in [0.3, 0.4) is 0 Å². The first-order valence-electron chi connectivity index (χ1n) is 14.3. The van der Waals surface area contributed by atoms with E-state index in [-0.39, 0.29) is 0 Å². The Bertz CT molecular complexity index is 2170. The maximum absolute atomic E-state index is 6.42. The van der Waals surface area contributed by atoms with Crippen molar-refractivity contribution in [3.63, 3.8) is 0 Å². The molecule has 8 aromatic rings. The van der Waals surface area contributed by atoms with Gasteiger partial charge in [-0.05, 0) is 59.2 Å². The van der Waals surface area contributed by atoms with Crippen molar-refractivity contribution in [3.05, 3.63) is 152 Å². The standard InChI is InChI=1S/C39H25N3O/c1-3-11-26(12-4-1)29-21-30(28-15-10-20-40-25-28)23-31(22-29)35-24-36(42-39(41-35)27-13-5-2-6-14-27)34-18-9-17-33-32-16-7-8-19-37(32)43-38(33)34/h1-25H. The molecule has 0 saturated heterocycles. The van der Waals surface area contributed by atoms with Gasteiger partial charge in [0.05, 0.1) is 11.4 Å². The first-order valence-corrected chi connectivity index (χ1v) is 14.3. The second kappa shape index (κ2) is 10.5. The highest BCUT2D eigenvalue weighted by atomic mass is 16.3. The molecule has 4 nitrogen and oxygen atoms in total. The van der Waals surface area contributed by atoms with Crippen molar-refractivity contribution in [3.8, 4) is 56.2 Å². The molecule has 0 radical (unpaired) electrons. The lowest BCUT2D eigenvalue weighted by Crippen LogP contribution is -1.97. The Kier molecular flexibility index (Phi) is 6.08. The van der Waals surface area contributed by atoms with E-state index in [1.807, 2.05) is 66.9 Å². The molecule has 4 heteroatoms. The van der Waals surface area contributed by atoms with Gasteiger partial charge in [0.2, 0.25) is 0 Å². The third-order valence-electron chi connectivity index (χ3n) is 7.77. The second-order valence-corrected chi connectivity index (χ2v) is 10.5. The number of para-hydroxylation sites is 2. The van der Waals surface area contributed by atoms with Crippen LogP contribution in [0.4, 0.5) is 0 Å². The highest BCUT2D eigenvalue weighted by Crippen LogP contribution is 2.38. The SMILES string of the molecule is c1ccc(-c2cc(-c3cccnc3)cc(-c3cc(-c4cccc5c4oc4ccccc45)nc(-c4ccccc4)n3)c2)cc1. The van der Waals surface area contributed by atoms with Gasteiger partial charge in [-0.2, -0.15) is 0 Å². The highest BCUT2D eigenvalue weighted by molar-refractivity contribution is 6.09. The van der Waals surface area contributed by atoms with Crippen LogP contribution in [0.2, 0.25) is 0 Å². The average Bonchev–Trinajstić information content (AvgIpc) is 3.48. The number of rotatable bonds is 5. The van der Waals surface area contributed by atoms with E-state index in [0.29, 0.717) is 5.82 Å². The summed E-state index contributed by atoms with van der Waals surface area (Å²) in [6.45, 7) is 0. The highest BCUT2D eigenvalue weighted by Gasteiger charge is 2.17. The molecule has 0 N–H and O–H groups in total. The van der Waals surface area contributed by atoms with Crippen LogP contribution in [0.25, 0.3) is 78.1 Å². The smallest absolute Gasteiger partial charge is 0.160 e. The first kappa shape index (κ1) is 24.9. The topological polar surface area (TPSA) is 51.8 Å². The summed E-state index contributed by atoms with van der Waals surface area (Å²) in [5.74, 6) is 0.661. The largest absolute Gasteiger partial charge is 0.455 e. The number of pyridine rings is 1. The predicted molar refractivity (Wildman–Crippen MR) is 174 cm³/mol. The van der Waals surface area contributed by atoms with Crippen molar-refractivity contribution in [2.24, 2.45) is 0 Å². The van der Waals surface area contributed by atoms with Crippen LogP contribution in [0.15, 0.2) is 156 Å². The van der Waals surface area contributed by atoms with Crippen LogP contribution in [0.1, 0.15) is 0 Å². The van der Waals surface area contributed by atoms with E-state index in [0.717, 1.165) is 72.3 Å². The Morgan fingerprint density at radius 2 is 1.09 bits per heavy atom. The van der Waals surface area contributed by atoms with Crippen molar-refractivity contribution in [2.45, 2.75) is 0 Å². The molecule has 5 aromatic carbocycles. The number of furan rings is 1. The van der Waals surface area contributed by atoms with Crippen LogP contribution in [0.5, 0.6) is 0 Å². The van der Waals surface area contributed by atoms with E-state index < -0.39 is 0 Å². The second-order valence-electron chi connectivity index (χ2n) is 10.5. The lowest BCUT2D eigenvalue weighted by Gasteiger charge is -2.13. The Hall–Kier alpha value is -5.87. The average molecular weight is 552 g/mol. The maximum Gasteiger partial charge on any atom is 0.160 e. The van der Waals surface area contributed by atoms with Gasteiger partial charge in [0.15, 0.2) is 5.82 Å². The molecule has 0 atom stereocenters. The molecule has 0 saturated carbocycles. The van der Waals surface area contributed by atoms with E-state index in [2.05, 4.69) is 83.8 Å². The molecule has 0 bridgehead atoms. The fourth-order valence-electron chi connectivity index (χ4n) is 5.67. The Labute approximate surface area is 249 Å². The van der Waals surface area contributed by atoms with Gasteiger partial charge < -0.3 is 4.42 Å². The number of hydrogen-bond acceptors (Lipinski definition) is 4. The molecule has 3 heterocycles. The summed E-state index contributed by atoms with van der Waals surface area (Å²) >= 11 is 0. The molecule has 0 aliphatic carbocycles. The van der Waals surface area contributed by atoms with Crippen LogP contribution >= 0.6 is 0 Å². The first-order chi connectivity index (χ1) is 21.3. The zero-order valence-corrected chi connectivity index (χ0v) is 23.2. The summed E-state index contributed by atoms with van der Waals surface area (Å²) in [5.41, 5.74) is 10.6. The number of hydrogen-bond donors (Lipinski definition) is 0. The van der Waals surface area contributed by atoms with Crippen LogP contribution in [0, 0.1) is 0 Å². The molecular formula is C39H25N3O. The minimum atomic E-state index is 0.661. The monoisotopic (exact) mass is 551 g/mol. The molecule has 8 rings (SSSR count). The summed E-state index contributed by atoms with van der Waals surface area (Å²) in [4.78, 5) is 14.6. The van der Waals surface area contributed by atoms with Crippen molar-refractivity contribution < 1.29 is 4.42 Å². The zero-order chi connectivity index (χ0) is 28.6. The molecular weight excluding hydrogens is 526 g/mol. The fraction of sp³-hybridized carbons (Fsp3) is 0. The van der Waals surface area contributed by atoms with Gasteiger partial charge in [-0.15, -0.1) is 0 Å².